The molecule has 5 N–H and O–H groups in total. The number of hydrogen-bond acceptors (Lipinski definition) is 5. The summed E-state index contributed by atoms with van der Waals surface area (Å²) < 4.78 is 0. The minimum atomic E-state index is -1.82. The van der Waals surface area contributed by atoms with Gasteiger partial charge >= 0.3 is 23.9 Å². The maximum atomic E-state index is 9.10. The van der Waals surface area contributed by atoms with E-state index in [9.17, 15) is 0 Å². The van der Waals surface area contributed by atoms with E-state index >= 15 is 0 Å². The third-order valence-electron chi connectivity index (χ3n) is 1.39. The van der Waals surface area contributed by atoms with E-state index in [1.807, 2.05) is 30.3 Å². The molecule has 0 radical (unpaired) electrons. The molecule has 0 spiro atoms. The van der Waals surface area contributed by atoms with E-state index in [0.717, 1.165) is 5.56 Å². The van der Waals surface area contributed by atoms with E-state index in [-0.39, 0.29) is 6.61 Å². The summed E-state index contributed by atoms with van der Waals surface area (Å²) in [6, 6.07) is 9.52. The molecular formula is C11H12O9. The van der Waals surface area contributed by atoms with Crippen LogP contribution in [0.25, 0.3) is 0 Å². The van der Waals surface area contributed by atoms with Gasteiger partial charge in [0.2, 0.25) is 0 Å². The van der Waals surface area contributed by atoms with Crippen LogP contribution in [0.15, 0.2) is 30.3 Å². The van der Waals surface area contributed by atoms with Crippen LogP contribution in [-0.4, -0.2) is 49.4 Å². The molecule has 0 heterocycles. The smallest absolute Gasteiger partial charge is 0.414 e. The van der Waals surface area contributed by atoms with E-state index < -0.39 is 23.9 Å². The van der Waals surface area contributed by atoms with Gasteiger partial charge in [0.1, 0.15) is 0 Å². The normalized spacial score (nSPS) is 8.05. The van der Waals surface area contributed by atoms with Crippen molar-refractivity contribution >= 4 is 23.9 Å². The Bertz CT molecular complexity index is 404. The number of aliphatic hydroxyl groups is 1. The Labute approximate surface area is 112 Å². The number of benzene rings is 1. The first-order valence-corrected chi connectivity index (χ1v) is 4.79. The average molecular weight is 288 g/mol. The van der Waals surface area contributed by atoms with Crippen molar-refractivity contribution in [2.75, 3.05) is 0 Å². The number of hydrogen-bond donors (Lipinski definition) is 5. The standard InChI is InChI=1S/C7H8O.2C2H2O4/c8-6-7-4-2-1-3-5-7;2*3-1(4)2(5)6/h1-5,8H,6H2;2*(H,3,4)(H,5,6). The van der Waals surface area contributed by atoms with Crippen molar-refractivity contribution in [3.8, 4) is 0 Å². The number of carboxylic acid groups (broad SMARTS) is 4. The molecule has 0 bridgehead atoms. The molecule has 9 nitrogen and oxygen atoms in total. The molecule has 1 aromatic rings. The zero-order valence-corrected chi connectivity index (χ0v) is 9.96. The highest BCUT2D eigenvalue weighted by Crippen LogP contribution is 1.95. The van der Waals surface area contributed by atoms with E-state index in [2.05, 4.69) is 0 Å². The first kappa shape index (κ1) is 19.4. The Kier molecular flexibility index (Phi) is 10.8. The number of carboxylic acids is 4. The summed E-state index contributed by atoms with van der Waals surface area (Å²) in [6.45, 7) is 0.140. The number of aliphatic hydroxyl groups excluding tert-OH is 1. The maximum Gasteiger partial charge on any atom is 0.414 e. The maximum absolute atomic E-state index is 9.10. The molecular weight excluding hydrogens is 276 g/mol. The van der Waals surface area contributed by atoms with Crippen LogP contribution in [0.3, 0.4) is 0 Å². The second-order valence-electron chi connectivity index (χ2n) is 2.86. The third kappa shape index (κ3) is 13.1. The Hall–Kier alpha value is -2.94. The Morgan fingerprint density at radius 3 is 1.15 bits per heavy atom. The van der Waals surface area contributed by atoms with Crippen LogP contribution < -0.4 is 0 Å². The van der Waals surface area contributed by atoms with Crippen molar-refractivity contribution in [1.82, 2.24) is 0 Å². The van der Waals surface area contributed by atoms with E-state index in [4.69, 9.17) is 44.7 Å². The predicted octanol–water partition coefficient (Wildman–Crippen LogP) is -0.510. The molecule has 9 heteroatoms. The minimum absolute atomic E-state index is 0.140. The van der Waals surface area contributed by atoms with E-state index in [1.54, 1.807) is 0 Å². The van der Waals surface area contributed by atoms with Crippen LogP contribution in [0.2, 0.25) is 0 Å². The minimum Gasteiger partial charge on any atom is -0.473 e. The molecule has 0 saturated heterocycles. The van der Waals surface area contributed by atoms with Gasteiger partial charge in [-0.2, -0.15) is 0 Å². The van der Waals surface area contributed by atoms with Gasteiger partial charge < -0.3 is 25.5 Å². The highest BCUT2D eigenvalue weighted by molar-refractivity contribution is 6.27. The molecule has 0 amide bonds. The second-order valence-corrected chi connectivity index (χ2v) is 2.86. The van der Waals surface area contributed by atoms with Crippen molar-refractivity contribution in [2.24, 2.45) is 0 Å². The molecule has 1 aromatic carbocycles. The highest BCUT2D eigenvalue weighted by Gasteiger charge is 2.04. The van der Waals surface area contributed by atoms with Crippen LogP contribution in [0.1, 0.15) is 5.56 Å². The molecule has 0 aliphatic rings. The van der Waals surface area contributed by atoms with Gasteiger partial charge in [-0.05, 0) is 5.56 Å². The zero-order valence-electron chi connectivity index (χ0n) is 9.96. The van der Waals surface area contributed by atoms with Crippen molar-refractivity contribution in [3.05, 3.63) is 35.9 Å². The van der Waals surface area contributed by atoms with E-state index in [1.165, 1.54) is 0 Å². The van der Waals surface area contributed by atoms with Gasteiger partial charge in [-0.15, -0.1) is 0 Å². The topological polar surface area (TPSA) is 169 Å². The first-order valence-electron chi connectivity index (χ1n) is 4.79. The van der Waals surface area contributed by atoms with Crippen molar-refractivity contribution in [2.45, 2.75) is 6.61 Å². The summed E-state index contributed by atoms with van der Waals surface area (Å²) in [7, 11) is 0. The zero-order chi connectivity index (χ0) is 16.1. The Balaban J connectivity index is 0. The van der Waals surface area contributed by atoms with Crippen LogP contribution in [-0.2, 0) is 25.8 Å². The van der Waals surface area contributed by atoms with Crippen LogP contribution in [0.5, 0.6) is 0 Å². The lowest BCUT2D eigenvalue weighted by atomic mass is 10.2. The monoisotopic (exact) mass is 288 g/mol. The summed E-state index contributed by atoms with van der Waals surface area (Å²) in [4.78, 5) is 36.4. The lowest BCUT2D eigenvalue weighted by Crippen LogP contribution is -2.09. The second kappa shape index (κ2) is 11.2. The van der Waals surface area contributed by atoms with Crippen molar-refractivity contribution in [1.29, 1.82) is 0 Å². The van der Waals surface area contributed by atoms with Crippen LogP contribution >= 0.6 is 0 Å². The van der Waals surface area contributed by atoms with Crippen molar-refractivity contribution in [3.63, 3.8) is 0 Å². The largest absolute Gasteiger partial charge is 0.473 e. The van der Waals surface area contributed by atoms with E-state index in [0.29, 0.717) is 0 Å². The predicted molar refractivity (Wildman–Crippen MR) is 62.9 cm³/mol. The fraction of sp³-hybridized carbons (Fsp3) is 0.0909. The molecule has 1 rings (SSSR count). The molecule has 0 atom stereocenters. The molecule has 0 fully saturated rings. The van der Waals surface area contributed by atoms with Gasteiger partial charge in [-0.3, -0.25) is 0 Å². The molecule has 0 saturated carbocycles. The number of rotatable bonds is 1. The molecule has 0 aromatic heterocycles. The molecule has 0 unspecified atom stereocenters. The summed E-state index contributed by atoms with van der Waals surface area (Å²) >= 11 is 0. The van der Waals surface area contributed by atoms with Gasteiger partial charge in [0, 0.05) is 0 Å². The van der Waals surface area contributed by atoms with Crippen LogP contribution in [0, 0.1) is 0 Å². The summed E-state index contributed by atoms with van der Waals surface area (Å²) in [5.41, 5.74) is 0.965. The quantitative estimate of drug-likeness (QED) is 0.427. The van der Waals surface area contributed by atoms with Crippen LogP contribution in [0.4, 0.5) is 0 Å². The molecule has 20 heavy (non-hydrogen) atoms. The van der Waals surface area contributed by atoms with Gasteiger partial charge in [-0.25, -0.2) is 19.2 Å². The van der Waals surface area contributed by atoms with Gasteiger partial charge in [0.25, 0.3) is 0 Å². The summed E-state index contributed by atoms with van der Waals surface area (Å²) in [5.74, 6) is -7.30. The first-order chi connectivity index (χ1) is 9.22. The van der Waals surface area contributed by atoms with Gasteiger partial charge in [-0.1, -0.05) is 30.3 Å². The average Bonchev–Trinajstić information content (AvgIpc) is 2.40. The number of carbonyl (C=O) groups is 4. The summed E-state index contributed by atoms with van der Waals surface area (Å²) in [5, 5.41) is 38.1. The summed E-state index contributed by atoms with van der Waals surface area (Å²) in [6.07, 6.45) is 0. The fourth-order valence-electron chi connectivity index (χ4n) is 0.583. The lowest BCUT2D eigenvalue weighted by Gasteiger charge is -1.89. The van der Waals surface area contributed by atoms with Crippen molar-refractivity contribution < 1.29 is 44.7 Å². The highest BCUT2D eigenvalue weighted by atomic mass is 16.4. The molecule has 110 valence electrons. The fourth-order valence-corrected chi connectivity index (χ4v) is 0.583. The third-order valence-corrected chi connectivity index (χ3v) is 1.39. The SMILES string of the molecule is O=C(O)C(=O)O.O=C(O)C(=O)O.OCc1ccccc1. The lowest BCUT2D eigenvalue weighted by molar-refractivity contribution is -0.159. The van der Waals surface area contributed by atoms with Gasteiger partial charge in [0.15, 0.2) is 0 Å². The Morgan fingerprint density at radius 2 is 1.00 bits per heavy atom. The Morgan fingerprint density at radius 1 is 0.700 bits per heavy atom. The molecule has 0 aliphatic carbocycles. The van der Waals surface area contributed by atoms with Gasteiger partial charge in [0.05, 0.1) is 6.61 Å². The molecule has 0 aliphatic heterocycles. The number of aliphatic carboxylic acids is 4.